The van der Waals surface area contributed by atoms with Gasteiger partial charge in [0.15, 0.2) is 10.8 Å². The molecule has 0 saturated heterocycles. The highest BCUT2D eigenvalue weighted by molar-refractivity contribution is 9.10. The van der Waals surface area contributed by atoms with Gasteiger partial charge in [-0.3, -0.25) is 0 Å². The Morgan fingerprint density at radius 1 is 1.40 bits per heavy atom. The Kier molecular flexibility index (Phi) is 3.88. The predicted molar refractivity (Wildman–Crippen MR) is 81.0 cm³/mol. The van der Waals surface area contributed by atoms with Gasteiger partial charge < -0.3 is 10.3 Å². The first-order chi connectivity index (χ1) is 9.78. The smallest absolute Gasteiger partial charge is 0.228 e. The number of aromatic nitrogens is 6. The highest BCUT2D eigenvalue weighted by Gasteiger charge is 2.10. The van der Waals surface area contributed by atoms with Gasteiger partial charge in [0.25, 0.3) is 0 Å². The summed E-state index contributed by atoms with van der Waals surface area (Å²) in [5.41, 5.74) is 1.84. The monoisotopic (exact) mass is 353 g/mol. The van der Waals surface area contributed by atoms with Crippen molar-refractivity contribution < 1.29 is 0 Å². The maximum absolute atomic E-state index is 4.45. The molecule has 0 amide bonds. The first-order valence-electron chi connectivity index (χ1n) is 5.94. The number of nitrogens with one attached hydrogen (secondary N) is 2. The molecule has 9 heteroatoms. The van der Waals surface area contributed by atoms with Crippen molar-refractivity contribution in [1.29, 1.82) is 0 Å². The standard InChI is InChI=1S/C11H12BrN7S/c1-20-11-17-9-8(12)5-16-19(9)10(18-11)14-3-2-7-4-13-6-15-7/h4-6H,2-3H2,1H3,(H,13,15)(H,14,17,18). The van der Waals surface area contributed by atoms with Crippen molar-refractivity contribution in [1.82, 2.24) is 29.5 Å². The minimum absolute atomic E-state index is 0.685. The number of hydrogen-bond donors (Lipinski definition) is 2. The molecule has 0 saturated carbocycles. The molecular weight excluding hydrogens is 342 g/mol. The van der Waals surface area contributed by atoms with E-state index < -0.39 is 0 Å². The molecule has 0 spiro atoms. The zero-order chi connectivity index (χ0) is 13.9. The number of H-pyrrole nitrogens is 1. The molecule has 20 heavy (non-hydrogen) atoms. The van der Waals surface area contributed by atoms with Crippen molar-refractivity contribution in [3.8, 4) is 0 Å². The van der Waals surface area contributed by atoms with Crippen LogP contribution in [-0.2, 0) is 6.42 Å². The van der Waals surface area contributed by atoms with Crippen LogP contribution in [0.4, 0.5) is 5.95 Å². The van der Waals surface area contributed by atoms with Gasteiger partial charge in [-0.15, -0.1) is 0 Å². The summed E-state index contributed by atoms with van der Waals surface area (Å²) in [7, 11) is 0. The van der Waals surface area contributed by atoms with E-state index in [9.17, 15) is 0 Å². The number of fused-ring (bicyclic) bond motifs is 1. The second kappa shape index (κ2) is 5.80. The number of aromatic amines is 1. The van der Waals surface area contributed by atoms with Gasteiger partial charge in [0.1, 0.15) is 0 Å². The molecule has 3 rings (SSSR count). The Balaban J connectivity index is 1.82. The van der Waals surface area contributed by atoms with Crippen molar-refractivity contribution in [3.05, 3.63) is 28.9 Å². The fraction of sp³-hybridized carbons (Fsp3) is 0.273. The van der Waals surface area contributed by atoms with E-state index in [1.807, 2.05) is 12.5 Å². The van der Waals surface area contributed by atoms with Crippen molar-refractivity contribution in [2.24, 2.45) is 0 Å². The molecule has 0 unspecified atom stereocenters. The molecule has 2 N–H and O–H groups in total. The molecule has 0 fully saturated rings. The van der Waals surface area contributed by atoms with Crippen LogP contribution in [0.5, 0.6) is 0 Å². The first-order valence-corrected chi connectivity index (χ1v) is 7.96. The first kappa shape index (κ1) is 13.4. The Hall–Kier alpha value is -1.61. The Bertz CT molecular complexity index is 709. The van der Waals surface area contributed by atoms with Gasteiger partial charge >= 0.3 is 0 Å². The lowest BCUT2D eigenvalue weighted by Gasteiger charge is -2.07. The average Bonchev–Trinajstić information content (AvgIpc) is 3.09. The number of imidazole rings is 1. The summed E-state index contributed by atoms with van der Waals surface area (Å²) in [6.07, 6.45) is 7.99. The molecule has 3 aromatic rings. The summed E-state index contributed by atoms with van der Waals surface area (Å²) in [5, 5.41) is 8.25. The van der Waals surface area contributed by atoms with Crippen LogP contribution >= 0.6 is 27.7 Å². The number of nitrogens with zero attached hydrogens (tertiary/aromatic N) is 5. The third kappa shape index (κ3) is 2.63. The third-order valence-electron chi connectivity index (χ3n) is 2.72. The van der Waals surface area contributed by atoms with Gasteiger partial charge in [-0.2, -0.15) is 14.6 Å². The summed E-state index contributed by atoms with van der Waals surface area (Å²) in [6, 6.07) is 0. The van der Waals surface area contributed by atoms with Gasteiger partial charge in [-0.25, -0.2) is 9.97 Å². The molecular formula is C11H12BrN7S. The highest BCUT2D eigenvalue weighted by Crippen LogP contribution is 2.21. The molecule has 104 valence electrons. The SMILES string of the molecule is CSc1nc(NCCc2cnc[nH]2)n2ncc(Br)c2n1. The highest BCUT2D eigenvalue weighted by atomic mass is 79.9. The number of thioether (sulfide) groups is 1. The lowest BCUT2D eigenvalue weighted by atomic mass is 10.3. The summed E-state index contributed by atoms with van der Waals surface area (Å²) in [6.45, 7) is 0.736. The van der Waals surface area contributed by atoms with Crippen molar-refractivity contribution in [2.75, 3.05) is 18.1 Å². The Morgan fingerprint density at radius 2 is 2.30 bits per heavy atom. The van der Waals surface area contributed by atoms with Crippen molar-refractivity contribution in [3.63, 3.8) is 0 Å². The van der Waals surface area contributed by atoms with Gasteiger partial charge in [-0.1, -0.05) is 11.8 Å². The number of hydrogen-bond acceptors (Lipinski definition) is 6. The second-order valence-corrected chi connectivity index (χ2v) is 5.64. The maximum atomic E-state index is 4.45. The van der Waals surface area contributed by atoms with E-state index in [1.54, 1.807) is 17.0 Å². The molecule has 0 aliphatic rings. The minimum Gasteiger partial charge on any atom is -0.354 e. The van der Waals surface area contributed by atoms with Gasteiger partial charge in [-0.05, 0) is 22.2 Å². The fourth-order valence-electron chi connectivity index (χ4n) is 1.77. The molecule has 0 atom stereocenters. The molecule has 0 aliphatic heterocycles. The number of halogens is 1. The van der Waals surface area contributed by atoms with Crippen LogP contribution in [0.3, 0.4) is 0 Å². The van der Waals surface area contributed by atoms with Crippen LogP contribution < -0.4 is 5.32 Å². The van der Waals surface area contributed by atoms with E-state index in [-0.39, 0.29) is 0 Å². The zero-order valence-electron chi connectivity index (χ0n) is 10.7. The average molecular weight is 354 g/mol. The number of anilines is 1. The number of rotatable bonds is 5. The van der Waals surface area contributed by atoms with Crippen LogP contribution in [0.2, 0.25) is 0 Å². The quantitative estimate of drug-likeness (QED) is 0.682. The predicted octanol–water partition coefficient (Wildman–Crippen LogP) is 1.99. The zero-order valence-corrected chi connectivity index (χ0v) is 13.1. The molecule has 7 nitrogen and oxygen atoms in total. The van der Waals surface area contributed by atoms with Crippen LogP contribution in [0, 0.1) is 0 Å². The summed E-state index contributed by atoms with van der Waals surface area (Å²) in [4.78, 5) is 15.9. The largest absolute Gasteiger partial charge is 0.354 e. The van der Waals surface area contributed by atoms with Gasteiger partial charge in [0.05, 0.1) is 17.0 Å². The molecule has 3 aromatic heterocycles. The molecule has 3 heterocycles. The van der Waals surface area contributed by atoms with E-state index in [4.69, 9.17) is 0 Å². The van der Waals surface area contributed by atoms with Crippen LogP contribution in [0.1, 0.15) is 5.69 Å². The minimum atomic E-state index is 0.685. The van der Waals surface area contributed by atoms with E-state index in [0.717, 1.165) is 28.8 Å². The summed E-state index contributed by atoms with van der Waals surface area (Å²) < 4.78 is 2.54. The lowest BCUT2D eigenvalue weighted by Crippen LogP contribution is -2.12. The third-order valence-corrected chi connectivity index (χ3v) is 3.83. The van der Waals surface area contributed by atoms with E-state index in [1.165, 1.54) is 11.8 Å². The van der Waals surface area contributed by atoms with E-state index >= 15 is 0 Å². The van der Waals surface area contributed by atoms with Gasteiger partial charge in [0, 0.05) is 24.9 Å². The van der Waals surface area contributed by atoms with Crippen LogP contribution in [-0.4, -0.2) is 42.4 Å². The van der Waals surface area contributed by atoms with Crippen molar-refractivity contribution in [2.45, 2.75) is 11.6 Å². The fourth-order valence-corrected chi connectivity index (χ4v) is 2.47. The van der Waals surface area contributed by atoms with Crippen molar-refractivity contribution >= 4 is 39.3 Å². The summed E-state index contributed by atoms with van der Waals surface area (Å²) in [5.74, 6) is 0.685. The molecule has 0 aliphatic carbocycles. The molecule has 0 aromatic carbocycles. The Morgan fingerprint density at radius 3 is 3.05 bits per heavy atom. The topological polar surface area (TPSA) is 83.8 Å². The normalized spacial score (nSPS) is 11.1. The van der Waals surface area contributed by atoms with E-state index in [0.29, 0.717) is 11.1 Å². The maximum Gasteiger partial charge on any atom is 0.228 e. The Labute approximate surface area is 127 Å². The second-order valence-electron chi connectivity index (χ2n) is 4.02. The van der Waals surface area contributed by atoms with E-state index in [2.05, 4.69) is 46.3 Å². The molecule has 0 bridgehead atoms. The van der Waals surface area contributed by atoms with Crippen LogP contribution in [0.15, 0.2) is 28.4 Å². The molecule has 0 radical (unpaired) electrons. The van der Waals surface area contributed by atoms with Crippen LogP contribution in [0.25, 0.3) is 5.65 Å². The summed E-state index contributed by atoms with van der Waals surface area (Å²) >= 11 is 4.94. The van der Waals surface area contributed by atoms with Gasteiger partial charge in [0.2, 0.25) is 5.95 Å². The lowest BCUT2D eigenvalue weighted by molar-refractivity contribution is 0.824.